The summed E-state index contributed by atoms with van der Waals surface area (Å²) in [7, 11) is 0. The van der Waals surface area contributed by atoms with Crippen LogP contribution in [0.2, 0.25) is 0 Å². The van der Waals surface area contributed by atoms with E-state index in [1.165, 1.54) is 6.07 Å². The Bertz CT molecular complexity index is 459. The van der Waals surface area contributed by atoms with E-state index < -0.39 is 11.9 Å². The molecule has 0 aliphatic carbocycles. The lowest BCUT2D eigenvalue weighted by atomic mass is 10.2. The van der Waals surface area contributed by atoms with Crippen LogP contribution in [-0.4, -0.2) is 30.3 Å². The summed E-state index contributed by atoms with van der Waals surface area (Å²) < 4.78 is 47.0. The van der Waals surface area contributed by atoms with E-state index in [1.54, 1.807) is 0 Å². The van der Waals surface area contributed by atoms with Crippen molar-refractivity contribution in [2.75, 3.05) is 13.2 Å². The minimum atomic E-state index is -4.44. The summed E-state index contributed by atoms with van der Waals surface area (Å²) in [4.78, 5) is 7.28. The summed E-state index contributed by atoms with van der Waals surface area (Å²) in [5.41, 5.74) is 4.39. The number of hydrogen-bond donors (Lipinski definition) is 1. The number of pyridine rings is 1. The summed E-state index contributed by atoms with van der Waals surface area (Å²) in [6, 6.07) is 2.20. The second kappa shape index (κ2) is 5.33. The van der Waals surface area contributed by atoms with E-state index >= 15 is 0 Å². The molecule has 1 aliphatic rings. The highest BCUT2D eigenvalue weighted by Gasteiger charge is 2.32. The molecule has 1 aliphatic heterocycles. The van der Waals surface area contributed by atoms with E-state index in [9.17, 15) is 13.2 Å². The molecule has 2 rings (SSSR count). The van der Waals surface area contributed by atoms with Crippen molar-refractivity contribution < 1.29 is 22.6 Å². The first-order chi connectivity index (χ1) is 8.95. The van der Waals surface area contributed by atoms with Gasteiger partial charge in [-0.1, -0.05) is 0 Å². The van der Waals surface area contributed by atoms with Crippen LogP contribution in [0.3, 0.4) is 0 Å². The van der Waals surface area contributed by atoms with Crippen LogP contribution in [-0.2, 0) is 10.9 Å². The Kier molecular flexibility index (Phi) is 3.77. The molecule has 0 bridgehead atoms. The standard InChI is InChI=1S/C11H12F3N3O2/c12-11(13,14)9-2-1-8(5-16-9)18-4-3-7-6-19-10(15)17-7/h1-2,5,7H,3-4,6H2,(H2,15,17)/t7-/m0/s1. The molecule has 0 saturated carbocycles. The van der Waals surface area contributed by atoms with Crippen LogP contribution in [0.4, 0.5) is 13.2 Å². The Labute approximate surface area is 107 Å². The van der Waals surface area contributed by atoms with Crippen LogP contribution in [0.15, 0.2) is 23.3 Å². The molecule has 8 heteroatoms. The number of nitrogens with two attached hydrogens (primary N) is 1. The first-order valence-corrected chi connectivity index (χ1v) is 5.57. The summed E-state index contributed by atoms with van der Waals surface area (Å²) >= 11 is 0. The van der Waals surface area contributed by atoms with Gasteiger partial charge < -0.3 is 15.2 Å². The highest BCUT2D eigenvalue weighted by Crippen LogP contribution is 2.28. The van der Waals surface area contributed by atoms with Crippen molar-refractivity contribution in [3.63, 3.8) is 0 Å². The molecule has 0 radical (unpaired) electrons. The van der Waals surface area contributed by atoms with Crippen molar-refractivity contribution in [3.8, 4) is 5.75 Å². The van der Waals surface area contributed by atoms with Crippen LogP contribution < -0.4 is 10.5 Å². The molecular formula is C11H12F3N3O2. The summed E-state index contributed by atoms with van der Waals surface area (Å²) in [5, 5.41) is 0. The molecule has 19 heavy (non-hydrogen) atoms. The monoisotopic (exact) mass is 275 g/mol. The summed E-state index contributed by atoms with van der Waals surface area (Å²) in [6.45, 7) is 0.707. The molecule has 2 heterocycles. The largest absolute Gasteiger partial charge is 0.492 e. The summed E-state index contributed by atoms with van der Waals surface area (Å²) in [5.74, 6) is 0.281. The Morgan fingerprint density at radius 1 is 1.42 bits per heavy atom. The van der Waals surface area contributed by atoms with Gasteiger partial charge in [0.2, 0.25) is 0 Å². The van der Waals surface area contributed by atoms with Crippen molar-refractivity contribution >= 4 is 6.02 Å². The lowest BCUT2D eigenvalue weighted by Crippen LogP contribution is -2.12. The highest BCUT2D eigenvalue weighted by molar-refractivity contribution is 5.72. The first kappa shape index (κ1) is 13.4. The maximum absolute atomic E-state index is 12.3. The Balaban J connectivity index is 1.80. The van der Waals surface area contributed by atoms with E-state index in [-0.39, 0.29) is 17.8 Å². The number of ether oxygens (including phenoxy) is 2. The van der Waals surface area contributed by atoms with Crippen LogP contribution >= 0.6 is 0 Å². The number of rotatable bonds is 4. The van der Waals surface area contributed by atoms with Crippen LogP contribution in [0, 0.1) is 0 Å². The fraction of sp³-hybridized carbons (Fsp3) is 0.455. The second-order valence-corrected chi connectivity index (χ2v) is 3.95. The fourth-order valence-corrected chi connectivity index (χ4v) is 1.53. The number of hydrogen-bond acceptors (Lipinski definition) is 5. The molecule has 1 aromatic rings. The van der Waals surface area contributed by atoms with Gasteiger partial charge in [-0.15, -0.1) is 0 Å². The van der Waals surface area contributed by atoms with Gasteiger partial charge in [0.05, 0.1) is 18.8 Å². The Morgan fingerprint density at radius 2 is 2.21 bits per heavy atom. The molecule has 5 nitrogen and oxygen atoms in total. The zero-order valence-electron chi connectivity index (χ0n) is 9.85. The predicted octanol–water partition coefficient (Wildman–Crippen LogP) is 1.58. The van der Waals surface area contributed by atoms with Crippen molar-refractivity contribution in [1.82, 2.24) is 4.98 Å². The van der Waals surface area contributed by atoms with Gasteiger partial charge in [0, 0.05) is 6.42 Å². The number of aliphatic imine (C=N–C) groups is 1. The molecule has 104 valence electrons. The van der Waals surface area contributed by atoms with Crippen LogP contribution in [0.1, 0.15) is 12.1 Å². The number of halogens is 3. The Hall–Kier alpha value is -1.99. The molecule has 0 amide bonds. The number of amidine groups is 1. The predicted molar refractivity (Wildman–Crippen MR) is 60.7 cm³/mol. The lowest BCUT2D eigenvalue weighted by molar-refractivity contribution is -0.141. The molecule has 1 aromatic heterocycles. The van der Waals surface area contributed by atoms with E-state index in [0.29, 0.717) is 19.6 Å². The number of nitrogens with zero attached hydrogens (tertiary/aromatic N) is 2. The SMILES string of the molecule is NC1=N[C@@H](CCOc2ccc(C(F)(F)F)nc2)CO1. The highest BCUT2D eigenvalue weighted by atomic mass is 19.4. The van der Waals surface area contributed by atoms with Crippen molar-refractivity contribution in [2.24, 2.45) is 10.7 Å². The van der Waals surface area contributed by atoms with E-state index in [2.05, 4.69) is 9.98 Å². The first-order valence-electron chi connectivity index (χ1n) is 5.57. The second-order valence-electron chi connectivity index (χ2n) is 3.95. The van der Waals surface area contributed by atoms with Gasteiger partial charge in [-0.25, -0.2) is 9.98 Å². The average molecular weight is 275 g/mol. The normalized spacial score (nSPS) is 18.9. The molecule has 0 saturated heterocycles. The smallest absolute Gasteiger partial charge is 0.433 e. The molecule has 0 fully saturated rings. The third-order valence-electron chi connectivity index (χ3n) is 2.48. The van der Waals surface area contributed by atoms with Gasteiger partial charge >= 0.3 is 6.18 Å². The van der Waals surface area contributed by atoms with Gasteiger partial charge in [0.25, 0.3) is 6.02 Å². The minimum absolute atomic E-state index is 0.0672. The number of aromatic nitrogens is 1. The maximum Gasteiger partial charge on any atom is 0.433 e. The van der Waals surface area contributed by atoms with Gasteiger partial charge in [0.1, 0.15) is 18.1 Å². The molecular weight excluding hydrogens is 263 g/mol. The van der Waals surface area contributed by atoms with E-state index in [1.807, 2.05) is 0 Å². The third-order valence-corrected chi connectivity index (χ3v) is 2.48. The zero-order valence-corrected chi connectivity index (χ0v) is 9.85. The van der Waals surface area contributed by atoms with Crippen molar-refractivity contribution in [3.05, 3.63) is 24.0 Å². The maximum atomic E-state index is 12.3. The van der Waals surface area contributed by atoms with Gasteiger partial charge in [-0.3, -0.25) is 0 Å². The van der Waals surface area contributed by atoms with Gasteiger partial charge in [-0.05, 0) is 12.1 Å². The van der Waals surface area contributed by atoms with E-state index in [0.717, 1.165) is 12.3 Å². The van der Waals surface area contributed by atoms with Gasteiger partial charge in [-0.2, -0.15) is 13.2 Å². The molecule has 0 unspecified atom stereocenters. The number of alkyl halides is 3. The topological polar surface area (TPSA) is 69.7 Å². The van der Waals surface area contributed by atoms with E-state index in [4.69, 9.17) is 15.2 Å². The summed E-state index contributed by atoms with van der Waals surface area (Å²) in [6.07, 6.45) is -2.82. The molecule has 1 atom stereocenters. The van der Waals surface area contributed by atoms with Crippen LogP contribution in [0.5, 0.6) is 5.75 Å². The molecule has 0 aromatic carbocycles. The van der Waals surface area contributed by atoms with Gasteiger partial charge in [0.15, 0.2) is 0 Å². The molecule has 2 N–H and O–H groups in total. The lowest BCUT2D eigenvalue weighted by Gasteiger charge is -2.09. The fourth-order valence-electron chi connectivity index (χ4n) is 1.53. The average Bonchev–Trinajstić information content (AvgIpc) is 2.75. The van der Waals surface area contributed by atoms with Crippen LogP contribution in [0.25, 0.3) is 0 Å². The third kappa shape index (κ3) is 3.73. The van der Waals surface area contributed by atoms with Crippen molar-refractivity contribution in [2.45, 2.75) is 18.6 Å². The quantitative estimate of drug-likeness (QED) is 0.905. The van der Waals surface area contributed by atoms with Crippen molar-refractivity contribution in [1.29, 1.82) is 0 Å². The minimum Gasteiger partial charge on any atom is -0.492 e. The molecule has 0 spiro atoms. The zero-order chi connectivity index (χ0) is 13.9. The Morgan fingerprint density at radius 3 is 2.74 bits per heavy atom.